The number of hydrogen-bond acceptors (Lipinski definition) is 6. The lowest BCUT2D eigenvalue weighted by Gasteiger charge is -2.14. The lowest BCUT2D eigenvalue weighted by Crippen LogP contribution is -2.14. The summed E-state index contributed by atoms with van der Waals surface area (Å²) in [7, 11) is -2.75. The molecule has 0 amide bonds. The summed E-state index contributed by atoms with van der Waals surface area (Å²) < 4.78 is 41.5. The van der Waals surface area contributed by atoms with Crippen LogP contribution in [0.5, 0.6) is 17.2 Å². The molecular formula is C17H17BrO6S. The summed E-state index contributed by atoms with van der Waals surface area (Å²) >= 11 is 3.23. The molecule has 8 heteroatoms. The van der Waals surface area contributed by atoms with Gasteiger partial charge in [-0.05, 0) is 49.7 Å². The quantitative estimate of drug-likeness (QED) is 0.495. The van der Waals surface area contributed by atoms with Crippen molar-refractivity contribution in [1.82, 2.24) is 0 Å². The second-order valence-corrected chi connectivity index (χ2v) is 7.70. The molecule has 0 aromatic heterocycles. The summed E-state index contributed by atoms with van der Waals surface area (Å²) in [4.78, 5) is 10.6. The van der Waals surface area contributed by atoms with E-state index in [1.165, 1.54) is 25.3 Å². The van der Waals surface area contributed by atoms with Gasteiger partial charge in [-0.3, -0.25) is 4.79 Å². The van der Waals surface area contributed by atoms with Crippen molar-refractivity contribution in [2.75, 3.05) is 7.11 Å². The van der Waals surface area contributed by atoms with Gasteiger partial charge < -0.3 is 13.7 Å². The zero-order valence-electron chi connectivity index (χ0n) is 13.9. The SMILES string of the molecule is COc1ccc(Br)cc1S(=O)(=O)Oc1cc(C)cc(OC(C)C=O)c1. The van der Waals surface area contributed by atoms with Gasteiger partial charge in [-0.1, -0.05) is 15.9 Å². The molecule has 0 radical (unpaired) electrons. The molecule has 0 aliphatic rings. The first kappa shape index (κ1) is 19.3. The third-order valence-corrected chi connectivity index (χ3v) is 4.90. The maximum atomic E-state index is 12.6. The van der Waals surface area contributed by atoms with Crippen molar-refractivity contribution in [2.24, 2.45) is 0 Å². The fourth-order valence-electron chi connectivity index (χ4n) is 2.09. The van der Waals surface area contributed by atoms with E-state index in [1.54, 1.807) is 32.0 Å². The van der Waals surface area contributed by atoms with Crippen molar-refractivity contribution in [3.63, 3.8) is 0 Å². The highest BCUT2D eigenvalue weighted by molar-refractivity contribution is 9.10. The van der Waals surface area contributed by atoms with E-state index in [1.807, 2.05) is 0 Å². The van der Waals surface area contributed by atoms with Crippen LogP contribution < -0.4 is 13.7 Å². The molecule has 0 fully saturated rings. The molecule has 0 saturated carbocycles. The lowest BCUT2D eigenvalue weighted by atomic mass is 10.2. The van der Waals surface area contributed by atoms with Gasteiger partial charge in [0.15, 0.2) is 12.4 Å². The Morgan fingerprint density at radius 1 is 1.12 bits per heavy atom. The molecule has 134 valence electrons. The van der Waals surface area contributed by atoms with Gasteiger partial charge in [-0.15, -0.1) is 0 Å². The third-order valence-electron chi connectivity index (χ3n) is 3.14. The number of carbonyl (C=O) groups is 1. The second-order valence-electron chi connectivity index (χ2n) is 5.27. The van der Waals surface area contributed by atoms with E-state index in [-0.39, 0.29) is 16.4 Å². The molecule has 0 saturated heterocycles. The molecule has 0 heterocycles. The Balaban J connectivity index is 2.38. The molecule has 0 aliphatic carbocycles. The number of methoxy groups -OCH3 is 1. The third kappa shape index (κ3) is 4.96. The first-order valence-electron chi connectivity index (χ1n) is 7.27. The van der Waals surface area contributed by atoms with Gasteiger partial charge in [0.25, 0.3) is 0 Å². The van der Waals surface area contributed by atoms with Crippen molar-refractivity contribution in [1.29, 1.82) is 0 Å². The molecule has 2 rings (SSSR count). The zero-order valence-corrected chi connectivity index (χ0v) is 16.3. The summed E-state index contributed by atoms with van der Waals surface area (Å²) in [5.74, 6) is 0.586. The summed E-state index contributed by atoms with van der Waals surface area (Å²) in [6, 6.07) is 9.23. The van der Waals surface area contributed by atoms with Crippen LogP contribution in [0.1, 0.15) is 12.5 Å². The number of benzene rings is 2. The van der Waals surface area contributed by atoms with E-state index in [9.17, 15) is 13.2 Å². The molecule has 6 nitrogen and oxygen atoms in total. The minimum absolute atomic E-state index is 0.0788. The Bertz CT molecular complexity index is 879. The van der Waals surface area contributed by atoms with Crippen LogP contribution in [0.3, 0.4) is 0 Å². The number of rotatable bonds is 7. The molecule has 0 N–H and O–H groups in total. The van der Waals surface area contributed by atoms with E-state index < -0.39 is 16.2 Å². The highest BCUT2D eigenvalue weighted by Gasteiger charge is 2.23. The van der Waals surface area contributed by atoms with Crippen LogP contribution in [-0.2, 0) is 14.9 Å². The summed E-state index contributed by atoms with van der Waals surface area (Å²) in [6.07, 6.45) is -0.0113. The van der Waals surface area contributed by atoms with E-state index in [2.05, 4.69) is 15.9 Å². The predicted octanol–water partition coefficient (Wildman–Crippen LogP) is 3.50. The Labute approximate surface area is 155 Å². The molecule has 25 heavy (non-hydrogen) atoms. The molecule has 2 aromatic carbocycles. The fraction of sp³-hybridized carbons (Fsp3) is 0.235. The van der Waals surface area contributed by atoms with Crippen LogP contribution in [-0.4, -0.2) is 27.9 Å². The van der Waals surface area contributed by atoms with E-state index in [0.717, 1.165) is 5.56 Å². The van der Waals surface area contributed by atoms with Crippen molar-refractivity contribution >= 4 is 32.3 Å². The standard InChI is InChI=1S/C17H17BrO6S/c1-11-6-14(23-12(2)10-19)9-15(7-11)24-25(20,21)17-8-13(18)4-5-16(17)22-3/h4-10,12H,1-3H3. The normalized spacial score (nSPS) is 12.3. The topological polar surface area (TPSA) is 78.9 Å². The van der Waals surface area contributed by atoms with Gasteiger partial charge in [0.2, 0.25) is 0 Å². The zero-order chi connectivity index (χ0) is 18.6. The fourth-order valence-corrected chi connectivity index (χ4v) is 3.71. The maximum absolute atomic E-state index is 12.6. The van der Waals surface area contributed by atoms with Gasteiger partial charge in [-0.25, -0.2) is 0 Å². The van der Waals surface area contributed by atoms with Crippen LogP contribution in [0.2, 0.25) is 0 Å². The summed E-state index contributed by atoms with van der Waals surface area (Å²) in [6.45, 7) is 3.34. The Morgan fingerprint density at radius 3 is 2.44 bits per heavy atom. The van der Waals surface area contributed by atoms with Gasteiger partial charge in [0, 0.05) is 10.5 Å². The van der Waals surface area contributed by atoms with E-state index in [0.29, 0.717) is 16.5 Å². The van der Waals surface area contributed by atoms with Gasteiger partial charge >= 0.3 is 10.1 Å². The Hall–Kier alpha value is -2.06. The number of ether oxygens (including phenoxy) is 2. The van der Waals surface area contributed by atoms with Crippen LogP contribution >= 0.6 is 15.9 Å². The number of aryl methyl sites for hydroxylation is 1. The lowest BCUT2D eigenvalue weighted by molar-refractivity contribution is -0.113. The van der Waals surface area contributed by atoms with Crippen molar-refractivity contribution < 1.29 is 26.9 Å². The second kappa shape index (κ2) is 7.88. The van der Waals surface area contributed by atoms with Crippen LogP contribution in [0.4, 0.5) is 0 Å². The maximum Gasteiger partial charge on any atom is 0.342 e. The van der Waals surface area contributed by atoms with Crippen molar-refractivity contribution in [3.05, 3.63) is 46.4 Å². The van der Waals surface area contributed by atoms with Crippen LogP contribution in [0, 0.1) is 6.92 Å². The smallest absolute Gasteiger partial charge is 0.342 e. The minimum atomic E-state index is -4.13. The molecule has 0 spiro atoms. The molecule has 1 unspecified atom stereocenters. The molecule has 0 aliphatic heterocycles. The van der Waals surface area contributed by atoms with Crippen molar-refractivity contribution in [2.45, 2.75) is 24.8 Å². The number of carbonyl (C=O) groups excluding carboxylic acids is 1. The summed E-state index contributed by atoms with van der Waals surface area (Å²) in [5.41, 5.74) is 0.724. The molecule has 0 bridgehead atoms. The highest BCUT2D eigenvalue weighted by atomic mass is 79.9. The van der Waals surface area contributed by atoms with Gasteiger partial charge in [0.05, 0.1) is 7.11 Å². The first-order valence-corrected chi connectivity index (χ1v) is 9.47. The number of halogens is 1. The number of hydrogen-bond donors (Lipinski definition) is 0. The highest BCUT2D eigenvalue weighted by Crippen LogP contribution is 2.31. The first-order chi connectivity index (χ1) is 11.7. The summed E-state index contributed by atoms with van der Waals surface area (Å²) in [5, 5.41) is 0. The number of aldehydes is 1. The van der Waals surface area contributed by atoms with Crippen LogP contribution in [0.25, 0.3) is 0 Å². The van der Waals surface area contributed by atoms with E-state index >= 15 is 0 Å². The van der Waals surface area contributed by atoms with Crippen LogP contribution in [0.15, 0.2) is 45.8 Å². The Morgan fingerprint density at radius 2 is 1.80 bits per heavy atom. The van der Waals surface area contributed by atoms with Crippen molar-refractivity contribution in [3.8, 4) is 17.2 Å². The minimum Gasteiger partial charge on any atom is -0.495 e. The molecule has 2 aromatic rings. The average molecular weight is 429 g/mol. The largest absolute Gasteiger partial charge is 0.495 e. The monoisotopic (exact) mass is 428 g/mol. The predicted molar refractivity (Wildman–Crippen MR) is 95.8 cm³/mol. The molecular weight excluding hydrogens is 412 g/mol. The Kier molecular flexibility index (Phi) is 6.07. The molecule has 1 atom stereocenters. The average Bonchev–Trinajstić information content (AvgIpc) is 2.53. The van der Waals surface area contributed by atoms with Gasteiger partial charge in [0.1, 0.15) is 22.1 Å². The van der Waals surface area contributed by atoms with E-state index in [4.69, 9.17) is 13.7 Å². The van der Waals surface area contributed by atoms with Gasteiger partial charge in [-0.2, -0.15) is 8.42 Å².